The molecule has 1 fully saturated rings. The van der Waals surface area contributed by atoms with Crippen molar-refractivity contribution in [2.24, 2.45) is 7.05 Å². The molecular formula is C12H17N3O3S. The number of carbonyl (C=O) groups excluding carboxylic acids is 1. The minimum Gasteiger partial charge on any atom is -0.479 e. The smallest absolute Gasteiger partial charge is 0.330 e. The Morgan fingerprint density at radius 2 is 2.42 bits per heavy atom. The summed E-state index contributed by atoms with van der Waals surface area (Å²) in [6.07, 6.45) is 4.91. The van der Waals surface area contributed by atoms with Crippen molar-refractivity contribution in [3.05, 3.63) is 18.0 Å². The molecule has 1 aromatic heterocycles. The summed E-state index contributed by atoms with van der Waals surface area (Å²) in [6, 6.07) is 0. The van der Waals surface area contributed by atoms with Gasteiger partial charge in [0.15, 0.2) is 0 Å². The molecule has 104 valence electrons. The van der Waals surface area contributed by atoms with Crippen LogP contribution in [0.25, 0.3) is 0 Å². The van der Waals surface area contributed by atoms with Gasteiger partial charge in [-0.05, 0) is 24.2 Å². The zero-order chi connectivity index (χ0) is 13.9. The first-order valence-corrected chi connectivity index (χ1v) is 7.27. The monoisotopic (exact) mass is 283 g/mol. The fourth-order valence-corrected chi connectivity index (χ4v) is 3.40. The lowest BCUT2D eigenvalue weighted by Crippen LogP contribution is -2.54. The van der Waals surface area contributed by atoms with Gasteiger partial charge in [-0.3, -0.25) is 9.48 Å². The second-order valence-electron chi connectivity index (χ2n) is 4.76. The number of hydrogen-bond acceptors (Lipinski definition) is 4. The molecule has 2 rings (SSSR count). The molecule has 1 aromatic rings. The predicted molar refractivity (Wildman–Crippen MR) is 72.0 cm³/mol. The van der Waals surface area contributed by atoms with E-state index in [-0.39, 0.29) is 12.3 Å². The Bertz CT molecular complexity index is 480. The van der Waals surface area contributed by atoms with Gasteiger partial charge < -0.3 is 10.4 Å². The van der Waals surface area contributed by atoms with Crippen molar-refractivity contribution in [3.63, 3.8) is 0 Å². The van der Waals surface area contributed by atoms with E-state index in [0.717, 1.165) is 11.3 Å². The molecule has 2 N–H and O–H groups in total. The number of aromatic nitrogens is 2. The summed E-state index contributed by atoms with van der Waals surface area (Å²) in [5.41, 5.74) is -0.0979. The highest BCUT2D eigenvalue weighted by Crippen LogP contribution is 2.28. The van der Waals surface area contributed by atoms with Crippen molar-refractivity contribution in [2.45, 2.75) is 24.8 Å². The standard InChI is InChI=1S/C12H17N3O3S/c1-15-7-9(6-13-15)2-3-10(16)14-12(11(17)18)4-5-19-8-12/h6-7H,2-5,8H2,1H3,(H,14,16)(H,17,18). The lowest BCUT2D eigenvalue weighted by Gasteiger charge is -2.24. The van der Waals surface area contributed by atoms with Gasteiger partial charge in [0.1, 0.15) is 5.54 Å². The maximum absolute atomic E-state index is 11.9. The van der Waals surface area contributed by atoms with E-state index in [4.69, 9.17) is 0 Å². The van der Waals surface area contributed by atoms with Crippen LogP contribution in [0.4, 0.5) is 0 Å². The Morgan fingerprint density at radius 1 is 1.63 bits per heavy atom. The normalized spacial score (nSPS) is 22.4. The molecule has 7 heteroatoms. The van der Waals surface area contributed by atoms with E-state index in [2.05, 4.69) is 10.4 Å². The van der Waals surface area contributed by atoms with Gasteiger partial charge in [0, 0.05) is 25.4 Å². The second kappa shape index (κ2) is 5.64. The first kappa shape index (κ1) is 13.9. The second-order valence-corrected chi connectivity index (χ2v) is 5.87. The van der Waals surface area contributed by atoms with Crippen LogP contribution in [-0.4, -0.2) is 43.8 Å². The molecule has 1 amide bonds. The average molecular weight is 283 g/mol. The molecule has 1 unspecified atom stereocenters. The zero-order valence-electron chi connectivity index (χ0n) is 10.8. The maximum atomic E-state index is 11.9. The van der Waals surface area contributed by atoms with Gasteiger partial charge in [0.2, 0.25) is 5.91 Å². The molecule has 1 aliphatic rings. The molecule has 0 aromatic carbocycles. The molecular weight excluding hydrogens is 266 g/mol. The van der Waals surface area contributed by atoms with Crippen LogP contribution in [0.15, 0.2) is 12.4 Å². The quantitative estimate of drug-likeness (QED) is 0.818. The number of amides is 1. The number of nitrogens with zero attached hydrogens (tertiary/aromatic N) is 2. The number of thioether (sulfide) groups is 1. The largest absolute Gasteiger partial charge is 0.479 e. The molecule has 6 nitrogen and oxygen atoms in total. The molecule has 1 saturated heterocycles. The summed E-state index contributed by atoms with van der Waals surface area (Å²) in [7, 11) is 1.82. The van der Waals surface area contributed by atoms with Gasteiger partial charge in [-0.2, -0.15) is 16.9 Å². The van der Waals surface area contributed by atoms with Gasteiger partial charge in [0.25, 0.3) is 0 Å². The lowest BCUT2D eigenvalue weighted by molar-refractivity contribution is -0.146. The summed E-state index contributed by atoms with van der Waals surface area (Å²) in [6.45, 7) is 0. The Labute approximate surface area is 115 Å². The maximum Gasteiger partial charge on any atom is 0.330 e. The van der Waals surface area contributed by atoms with E-state index in [0.29, 0.717) is 18.6 Å². The number of carboxylic acid groups (broad SMARTS) is 1. The Hall–Kier alpha value is -1.50. The molecule has 0 saturated carbocycles. The highest BCUT2D eigenvalue weighted by molar-refractivity contribution is 7.99. The SMILES string of the molecule is Cn1cc(CCC(=O)NC2(C(=O)O)CCSC2)cn1. The molecule has 0 bridgehead atoms. The number of nitrogens with one attached hydrogen (secondary N) is 1. The van der Waals surface area contributed by atoms with Crippen molar-refractivity contribution in [2.75, 3.05) is 11.5 Å². The number of rotatable bonds is 5. The van der Waals surface area contributed by atoms with E-state index in [9.17, 15) is 14.7 Å². The predicted octanol–water partition coefficient (Wildman–Crippen LogP) is 0.429. The molecule has 0 radical (unpaired) electrons. The topological polar surface area (TPSA) is 84.2 Å². The van der Waals surface area contributed by atoms with Crippen molar-refractivity contribution in [1.29, 1.82) is 0 Å². The van der Waals surface area contributed by atoms with Gasteiger partial charge in [0.05, 0.1) is 6.20 Å². The zero-order valence-corrected chi connectivity index (χ0v) is 11.6. The van der Waals surface area contributed by atoms with Crippen molar-refractivity contribution in [3.8, 4) is 0 Å². The van der Waals surface area contributed by atoms with Crippen molar-refractivity contribution in [1.82, 2.24) is 15.1 Å². The van der Waals surface area contributed by atoms with E-state index < -0.39 is 11.5 Å². The van der Waals surface area contributed by atoms with Gasteiger partial charge in [-0.25, -0.2) is 4.79 Å². The number of aryl methyl sites for hydroxylation is 2. The third kappa shape index (κ3) is 3.28. The number of carboxylic acids is 1. The highest BCUT2D eigenvalue weighted by Gasteiger charge is 2.43. The summed E-state index contributed by atoms with van der Waals surface area (Å²) in [5.74, 6) is 0.0665. The lowest BCUT2D eigenvalue weighted by atomic mass is 9.99. The molecule has 2 heterocycles. The first-order chi connectivity index (χ1) is 9.02. The van der Waals surface area contributed by atoms with E-state index in [1.165, 1.54) is 0 Å². The minimum atomic E-state index is -1.07. The fourth-order valence-electron chi connectivity index (χ4n) is 2.07. The number of carbonyl (C=O) groups is 2. The minimum absolute atomic E-state index is 0.214. The number of hydrogen-bond donors (Lipinski definition) is 2. The molecule has 19 heavy (non-hydrogen) atoms. The van der Waals surface area contributed by atoms with Crippen LogP contribution in [-0.2, 0) is 23.1 Å². The van der Waals surface area contributed by atoms with E-state index in [1.807, 2.05) is 13.2 Å². The number of aliphatic carboxylic acids is 1. The first-order valence-electron chi connectivity index (χ1n) is 6.11. The summed E-state index contributed by atoms with van der Waals surface area (Å²) < 4.78 is 1.68. The fraction of sp³-hybridized carbons (Fsp3) is 0.583. The summed E-state index contributed by atoms with van der Waals surface area (Å²) in [4.78, 5) is 23.2. The summed E-state index contributed by atoms with van der Waals surface area (Å²) in [5, 5.41) is 16.0. The molecule has 1 aliphatic heterocycles. The van der Waals surface area contributed by atoms with E-state index >= 15 is 0 Å². The Balaban J connectivity index is 1.88. The van der Waals surface area contributed by atoms with Crippen LogP contribution in [0.1, 0.15) is 18.4 Å². The van der Waals surface area contributed by atoms with Gasteiger partial charge >= 0.3 is 5.97 Å². The van der Waals surface area contributed by atoms with Crippen molar-refractivity contribution >= 4 is 23.6 Å². The Morgan fingerprint density at radius 3 is 2.95 bits per heavy atom. The van der Waals surface area contributed by atoms with Crippen LogP contribution >= 0.6 is 11.8 Å². The third-order valence-electron chi connectivity index (χ3n) is 3.21. The van der Waals surface area contributed by atoms with Crippen LogP contribution in [0, 0.1) is 0 Å². The van der Waals surface area contributed by atoms with Crippen LogP contribution in [0.2, 0.25) is 0 Å². The highest BCUT2D eigenvalue weighted by atomic mass is 32.2. The Kier molecular flexibility index (Phi) is 4.14. The summed E-state index contributed by atoms with van der Waals surface area (Å²) >= 11 is 1.56. The van der Waals surface area contributed by atoms with Gasteiger partial charge in [-0.1, -0.05) is 0 Å². The molecule has 0 spiro atoms. The average Bonchev–Trinajstić information content (AvgIpc) is 2.97. The van der Waals surface area contributed by atoms with Crippen LogP contribution < -0.4 is 5.32 Å². The third-order valence-corrected chi connectivity index (χ3v) is 4.40. The van der Waals surface area contributed by atoms with Crippen molar-refractivity contribution < 1.29 is 14.7 Å². The van der Waals surface area contributed by atoms with Crippen LogP contribution in [0.3, 0.4) is 0 Å². The van der Waals surface area contributed by atoms with E-state index in [1.54, 1.807) is 22.6 Å². The molecule has 0 aliphatic carbocycles. The van der Waals surface area contributed by atoms with Gasteiger partial charge in [-0.15, -0.1) is 0 Å². The van der Waals surface area contributed by atoms with Crippen LogP contribution in [0.5, 0.6) is 0 Å². The molecule has 1 atom stereocenters.